The molecule has 6 nitrogen and oxygen atoms in total. The number of amides is 1. The van der Waals surface area contributed by atoms with Crippen molar-refractivity contribution < 1.29 is 14.3 Å². The van der Waals surface area contributed by atoms with Gasteiger partial charge in [-0.15, -0.1) is 0 Å². The Kier molecular flexibility index (Phi) is 6.24. The highest BCUT2D eigenvalue weighted by molar-refractivity contribution is 6.05. The van der Waals surface area contributed by atoms with Crippen molar-refractivity contribution in [3.8, 4) is 5.75 Å². The van der Waals surface area contributed by atoms with Gasteiger partial charge in [0, 0.05) is 17.4 Å². The minimum absolute atomic E-state index is 0.0542. The number of ketones is 1. The fourth-order valence-corrected chi connectivity index (χ4v) is 2.69. The van der Waals surface area contributed by atoms with Gasteiger partial charge < -0.3 is 15.4 Å². The molecule has 0 atom stereocenters. The predicted octanol–water partition coefficient (Wildman–Crippen LogP) is 5.07. The maximum absolute atomic E-state index is 12.5. The maximum Gasteiger partial charge on any atom is 0.257 e. The number of aromatic nitrogens is 1. The first-order chi connectivity index (χ1) is 13.9. The molecule has 2 N–H and O–H groups in total. The zero-order valence-electron chi connectivity index (χ0n) is 16.6. The highest BCUT2D eigenvalue weighted by Gasteiger charge is 2.10. The lowest BCUT2D eigenvalue weighted by molar-refractivity contribution is 0.101. The van der Waals surface area contributed by atoms with Gasteiger partial charge in [-0.25, -0.2) is 4.98 Å². The molecule has 0 radical (unpaired) electrons. The lowest BCUT2D eigenvalue weighted by Gasteiger charge is -2.15. The molecule has 0 fully saturated rings. The number of pyridine rings is 1. The van der Waals surface area contributed by atoms with Crippen LogP contribution < -0.4 is 15.4 Å². The van der Waals surface area contributed by atoms with E-state index in [9.17, 15) is 9.59 Å². The molecule has 148 valence electrons. The number of hydrogen-bond acceptors (Lipinski definition) is 5. The number of benzene rings is 2. The van der Waals surface area contributed by atoms with Crippen LogP contribution in [0.3, 0.4) is 0 Å². The van der Waals surface area contributed by atoms with E-state index in [-0.39, 0.29) is 17.8 Å². The van der Waals surface area contributed by atoms with Crippen LogP contribution in [0.1, 0.15) is 41.5 Å². The minimum Gasteiger partial charge on any atom is -0.489 e. The van der Waals surface area contributed by atoms with Crippen LogP contribution >= 0.6 is 0 Å². The fourth-order valence-electron chi connectivity index (χ4n) is 2.69. The second kappa shape index (κ2) is 9.01. The second-order valence-electron chi connectivity index (χ2n) is 6.81. The molecule has 0 aliphatic heterocycles. The molecule has 3 aromatic rings. The minimum atomic E-state index is -0.298. The number of carbonyl (C=O) groups excluding carboxylic acids is 2. The van der Waals surface area contributed by atoms with Crippen LogP contribution in [0.5, 0.6) is 5.75 Å². The number of nitrogens with one attached hydrogen (secondary N) is 2. The molecule has 0 saturated carbocycles. The molecular formula is C23H23N3O3. The van der Waals surface area contributed by atoms with E-state index in [0.717, 1.165) is 11.4 Å². The number of Topliss-reactive ketones (excluding diaryl/α,β-unsaturated/α-hetero) is 1. The molecule has 1 aromatic heterocycles. The first kappa shape index (κ1) is 20.1. The Morgan fingerprint density at radius 2 is 1.76 bits per heavy atom. The van der Waals surface area contributed by atoms with Gasteiger partial charge in [-0.3, -0.25) is 9.59 Å². The van der Waals surface area contributed by atoms with Crippen LogP contribution in [0, 0.1) is 0 Å². The third kappa shape index (κ3) is 5.42. The average molecular weight is 389 g/mol. The molecule has 0 spiro atoms. The zero-order valence-corrected chi connectivity index (χ0v) is 16.6. The molecule has 2 aromatic carbocycles. The van der Waals surface area contributed by atoms with Crippen molar-refractivity contribution >= 4 is 28.9 Å². The normalized spacial score (nSPS) is 10.5. The van der Waals surface area contributed by atoms with E-state index >= 15 is 0 Å². The van der Waals surface area contributed by atoms with Gasteiger partial charge in [-0.05, 0) is 57.2 Å². The monoisotopic (exact) mass is 389 g/mol. The van der Waals surface area contributed by atoms with Gasteiger partial charge in [0.25, 0.3) is 5.91 Å². The second-order valence-corrected chi connectivity index (χ2v) is 6.81. The van der Waals surface area contributed by atoms with Crippen molar-refractivity contribution in [2.75, 3.05) is 10.6 Å². The Balaban J connectivity index is 1.70. The molecule has 3 rings (SSSR count). The summed E-state index contributed by atoms with van der Waals surface area (Å²) in [5, 5.41) is 5.99. The van der Waals surface area contributed by atoms with E-state index in [1.54, 1.807) is 36.4 Å². The Hall–Kier alpha value is -3.67. The van der Waals surface area contributed by atoms with Crippen LogP contribution in [0.15, 0.2) is 66.9 Å². The largest absolute Gasteiger partial charge is 0.489 e. The summed E-state index contributed by atoms with van der Waals surface area (Å²) in [5.41, 5.74) is 2.31. The highest BCUT2D eigenvalue weighted by atomic mass is 16.5. The lowest BCUT2D eigenvalue weighted by atomic mass is 10.1. The van der Waals surface area contributed by atoms with E-state index in [2.05, 4.69) is 15.6 Å². The number of anilines is 3. The Labute approximate surface area is 169 Å². The number of ether oxygens (including phenoxy) is 1. The Bertz CT molecular complexity index is 1010. The van der Waals surface area contributed by atoms with E-state index in [1.807, 2.05) is 38.1 Å². The van der Waals surface area contributed by atoms with E-state index in [1.165, 1.54) is 13.1 Å². The van der Waals surface area contributed by atoms with Crippen molar-refractivity contribution in [1.82, 2.24) is 4.98 Å². The summed E-state index contributed by atoms with van der Waals surface area (Å²) in [6, 6.07) is 17.8. The number of rotatable bonds is 7. The standard InChI is InChI=1S/C23H23N3O3/c1-15(2)29-21-10-5-4-9-20(21)26-22-12-11-18(14-24-22)23(28)25-19-8-6-7-17(13-19)16(3)27/h4-15H,1-3H3,(H,24,26)(H,25,28). The maximum atomic E-state index is 12.5. The van der Waals surface area contributed by atoms with Gasteiger partial charge in [-0.1, -0.05) is 24.3 Å². The molecule has 1 amide bonds. The van der Waals surface area contributed by atoms with Gasteiger partial charge in [0.15, 0.2) is 5.78 Å². The van der Waals surface area contributed by atoms with Crippen molar-refractivity contribution in [2.24, 2.45) is 0 Å². The predicted molar refractivity (Wildman–Crippen MR) is 114 cm³/mol. The molecule has 0 saturated heterocycles. The van der Waals surface area contributed by atoms with Crippen LogP contribution in [0.2, 0.25) is 0 Å². The molecule has 0 aliphatic carbocycles. The lowest BCUT2D eigenvalue weighted by Crippen LogP contribution is -2.13. The quantitative estimate of drug-likeness (QED) is 0.552. The molecule has 6 heteroatoms. The van der Waals surface area contributed by atoms with Gasteiger partial charge in [-0.2, -0.15) is 0 Å². The van der Waals surface area contributed by atoms with Crippen molar-refractivity contribution in [3.05, 3.63) is 78.0 Å². The zero-order chi connectivity index (χ0) is 20.8. The van der Waals surface area contributed by atoms with Crippen molar-refractivity contribution in [2.45, 2.75) is 26.9 Å². The Morgan fingerprint density at radius 1 is 0.966 bits per heavy atom. The first-order valence-corrected chi connectivity index (χ1v) is 9.33. The molecule has 1 heterocycles. The third-order valence-corrected chi connectivity index (χ3v) is 4.07. The summed E-state index contributed by atoms with van der Waals surface area (Å²) in [5.74, 6) is 0.976. The van der Waals surface area contributed by atoms with Crippen LogP contribution in [0.4, 0.5) is 17.2 Å². The third-order valence-electron chi connectivity index (χ3n) is 4.07. The topological polar surface area (TPSA) is 80.3 Å². The summed E-state index contributed by atoms with van der Waals surface area (Å²) >= 11 is 0. The van der Waals surface area contributed by atoms with E-state index in [0.29, 0.717) is 22.6 Å². The molecule has 0 aliphatic rings. The van der Waals surface area contributed by atoms with Gasteiger partial charge >= 0.3 is 0 Å². The summed E-state index contributed by atoms with van der Waals surface area (Å²) < 4.78 is 5.79. The molecule has 29 heavy (non-hydrogen) atoms. The summed E-state index contributed by atoms with van der Waals surface area (Å²) in [6.07, 6.45) is 1.55. The van der Waals surface area contributed by atoms with Gasteiger partial charge in [0.05, 0.1) is 17.4 Å². The number of nitrogens with zero attached hydrogens (tertiary/aromatic N) is 1. The molecular weight excluding hydrogens is 366 g/mol. The first-order valence-electron chi connectivity index (χ1n) is 9.33. The van der Waals surface area contributed by atoms with Gasteiger partial charge in [0.2, 0.25) is 0 Å². The van der Waals surface area contributed by atoms with Crippen LogP contribution in [-0.2, 0) is 0 Å². The summed E-state index contributed by atoms with van der Waals surface area (Å²) in [4.78, 5) is 28.3. The Morgan fingerprint density at radius 3 is 2.45 bits per heavy atom. The van der Waals surface area contributed by atoms with Crippen molar-refractivity contribution in [1.29, 1.82) is 0 Å². The number of para-hydroxylation sites is 2. The molecule has 0 unspecified atom stereocenters. The highest BCUT2D eigenvalue weighted by Crippen LogP contribution is 2.27. The summed E-state index contributed by atoms with van der Waals surface area (Å²) in [7, 11) is 0. The smallest absolute Gasteiger partial charge is 0.257 e. The SMILES string of the molecule is CC(=O)c1cccc(NC(=O)c2ccc(Nc3ccccc3OC(C)C)nc2)c1. The van der Waals surface area contributed by atoms with Crippen molar-refractivity contribution in [3.63, 3.8) is 0 Å². The summed E-state index contributed by atoms with van der Waals surface area (Å²) in [6.45, 7) is 5.42. The van der Waals surface area contributed by atoms with Gasteiger partial charge in [0.1, 0.15) is 11.6 Å². The van der Waals surface area contributed by atoms with E-state index in [4.69, 9.17) is 4.74 Å². The fraction of sp³-hybridized carbons (Fsp3) is 0.174. The number of hydrogen-bond donors (Lipinski definition) is 2. The van der Waals surface area contributed by atoms with Crippen LogP contribution in [0.25, 0.3) is 0 Å². The van der Waals surface area contributed by atoms with Crippen LogP contribution in [-0.4, -0.2) is 22.8 Å². The average Bonchev–Trinajstić information content (AvgIpc) is 2.70. The van der Waals surface area contributed by atoms with E-state index < -0.39 is 0 Å². The number of carbonyl (C=O) groups is 2. The molecule has 0 bridgehead atoms.